The highest BCUT2D eigenvalue weighted by atomic mass is 79.9. The van der Waals surface area contributed by atoms with E-state index in [0.717, 1.165) is 124 Å². The smallest absolute Gasteiger partial charge is 0.410 e. The van der Waals surface area contributed by atoms with Gasteiger partial charge in [0, 0.05) is 49.7 Å². The summed E-state index contributed by atoms with van der Waals surface area (Å²) in [5, 5.41) is 7.55. The molecule has 20 nitrogen and oxygen atoms in total. The third-order valence-electron chi connectivity index (χ3n) is 21.0. The Morgan fingerprint density at radius 2 is 0.690 bits per heavy atom. The van der Waals surface area contributed by atoms with E-state index < -0.39 is 5.60 Å². The molecule has 12 aromatic rings. The van der Waals surface area contributed by atoms with Crippen molar-refractivity contribution in [2.24, 2.45) is 23.7 Å². The average molecular weight is 1640 g/mol. The van der Waals surface area contributed by atoms with E-state index in [9.17, 15) is 24.0 Å². The van der Waals surface area contributed by atoms with E-state index in [2.05, 4.69) is 33.2 Å². The van der Waals surface area contributed by atoms with Crippen molar-refractivity contribution in [3.05, 3.63) is 229 Å². The standard InChI is InChI=1S/C31H33NO6.C27H27NO4.C26H25NO4.C11H20BrNO2/c1-20-16-25-28(33)24-11-10-23(36-22-8-6-5-7-9-22)18-26(24)37-29(25)27(17-20)35-19-21-12-14-32(15-13-21)30(34)38-31(2,3)4;1-18-14-23-26(29)22-9-8-21(31-20-6-4-3-5-7-20)16-24(22)32-27(23)25(15-18)30-17-19-10-12-28(2)13-11-19;1-17-13-22-25(28)21-8-7-20(30-19-5-3-2-4-6-19)15-23(21)31-26(22)24(14-17)29-16-18-9-11-27-12-10-18;1-11(2,3)15-10(14)13-6-4-9(8-12)5-7-13/h5-11,16-18,21H,12-15,19H2,1-4H3;3-9,14-16,19H,10-13,17H2,1-2H3;2-8,13-15,18,27H,9-12,16H2,1H3;9H,4-8H2,1-3H3. The van der Waals surface area contributed by atoms with Crippen LogP contribution < -0.4 is 50.0 Å². The Labute approximate surface area is 684 Å². The fraction of sp³-hybridized carbons (Fsp3) is 0.379. The molecule has 0 radical (unpaired) electrons. The first kappa shape index (κ1) is 83.1. The molecule has 116 heavy (non-hydrogen) atoms. The first-order valence-corrected chi connectivity index (χ1v) is 41.5. The molecule has 0 atom stereocenters. The average Bonchev–Trinajstić information content (AvgIpc) is 0.770. The van der Waals surface area contributed by atoms with Gasteiger partial charge in [-0.3, -0.25) is 14.4 Å². The van der Waals surface area contributed by atoms with Gasteiger partial charge in [-0.05, 0) is 296 Å². The van der Waals surface area contributed by atoms with Crippen LogP contribution >= 0.6 is 15.9 Å². The molecule has 2 amide bonds. The number of nitrogens with zero attached hydrogens (tertiary/aromatic N) is 3. The van der Waals surface area contributed by atoms with Gasteiger partial charge in [-0.1, -0.05) is 70.5 Å². The fourth-order valence-electron chi connectivity index (χ4n) is 14.6. The normalized spacial score (nSPS) is 15.4. The number of fused-ring (bicyclic) bond motifs is 6. The van der Waals surface area contributed by atoms with Crippen LogP contribution in [0.2, 0.25) is 0 Å². The van der Waals surface area contributed by atoms with E-state index >= 15 is 0 Å². The number of carbonyl (C=O) groups excluding carboxylic acids is 2. The van der Waals surface area contributed by atoms with Gasteiger partial charge in [0.15, 0.2) is 34.0 Å². The number of hydrogen-bond acceptors (Lipinski definition) is 18. The summed E-state index contributed by atoms with van der Waals surface area (Å²) in [4.78, 5) is 69.8. The first-order chi connectivity index (χ1) is 55.8. The number of hydrogen-bond donors (Lipinski definition) is 1. The number of amides is 2. The largest absolute Gasteiger partial charge is 0.489 e. The lowest BCUT2D eigenvalue weighted by molar-refractivity contribution is 0.0161. The number of nitrogens with one attached hydrogen (secondary N) is 1. The Balaban J connectivity index is 0.000000140. The lowest BCUT2D eigenvalue weighted by Crippen LogP contribution is -2.42. The summed E-state index contributed by atoms with van der Waals surface area (Å²) < 4.78 is 65.9. The van der Waals surface area contributed by atoms with E-state index in [0.29, 0.717) is 157 Å². The monoisotopic (exact) mass is 1640 g/mol. The molecule has 0 unspecified atom stereocenters. The molecular formula is C95H105BrN4O16. The summed E-state index contributed by atoms with van der Waals surface area (Å²) >= 11 is 3.48. The van der Waals surface area contributed by atoms with Crippen molar-refractivity contribution in [3.63, 3.8) is 0 Å². The Morgan fingerprint density at radius 3 is 1.00 bits per heavy atom. The number of aryl methyl sites for hydroxylation is 3. The highest BCUT2D eigenvalue weighted by molar-refractivity contribution is 9.09. The first-order valence-electron chi connectivity index (χ1n) is 40.3. The number of likely N-dealkylation sites (tertiary alicyclic amines) is 3. The molecule has 608 valence electrons. The van der Waals surface area contributed by atoms with Gasteiger partial charge in [0.2, 0.25) is 16.3 Å². The van der Waals surface area contributed by atoms with Gasteiger partial charge in [0.25, 0.3) is 0 Å². The lowest BCUT2D eigenvalue weighted by atomic mass is 9.98. The molecule has 7 heterocycles. The highest BCUT2D eigenvalue weighted by Gasteiger charge is 2.30. The van der Waals surface area contributed by atoms with Crippen LogP contribution in [0.5, 0.6) is 51.7 Å². The maximum atomic E-state index is 13.4. The number of benzene rings is 9. The molecule has 4 aliphatic rings. The minimum absolute atomic E-state index is 0.0552. The van der Waals surface area contributed by atoms with E-state index in [1.165, 1.54) is 0 Å². The van der Waals surface area contributed by atoms with E-state index in [1.807, 2.05) is 195 Å². The zero-order valence-electron chi connectivity index (χ0n) is 68.0. The molecule has 16 rings (SSSR count). The molecule has 4 fully saturated rings. The Bertz CT molecular complexity index is 5580. The van der Waals surface area contributed by atoms with E-state index in [1.54, 1.807) is 59.5 Å². The zero-order chi connectivity index (χ0) is 81.6. The summed E-state index contributed by atoms with van der Waals surface area (Å²) in [5.74, 6) is 7.79. The second kappa shape index (κ2) is 37.8. The van der Waals surface area contributed by atoms with Crippen molar-refractivity contribution in [1.29, 1.82) is 0 Å². The maximum Gasteiger partial charge on any atom is 0.410 e. The lowest BCUT2D eigenvalue weighted by Gasteiger charge is -2.33. The zero-order valence-corrected chi connectivity index (χ0v) is 69.6. The molecule has 0 spiro atoms. The number of piperidine rings is 4. The van der Waals surface area contributed by atoms with Gasteiger partial charge in [0.05, 0.1) is 52.1 Å². The molecule has 0 aliphatic carbocycles. The van der Waals surface area contributed by atoms with Gasteiger partial charge in [-0.2, -0.15) is 0 Å². The quantitative estimate of drug-likeness (QED) is 0.0702. The van der Waals surface area contributed by atoms with Crippen LogP contribution in [0.3, 0.4) is 0 Å². The van der Waals surface area contributed by atoms with E-state index in [4.69, 9.17) is 51.1 Å². The van der Waals surface area contributed by atoms with Gasteiger partial charge in [-0.25, -0.2) is 9.59 Å². The summed E-state index contributed by atoms with van der Waals surface area (Å²) in [6, 6.07) is 55.8. The van der Waals surface area contributed by atoms with Crippen molar-refractivity contribution in [1.82, 2.24) is 20.0 Å². The van der Waals surface area contributed by atoms with Crippen LogP contribution in [0.1, 0.15) is 110 Å². The van der Waals surface area contributed by atoms with Crippen LogP contribution in [0.25, 0.3) is 65.8 Å². The number of carbonyl (C=O) groups is 2. The summed E-state index contributed by atoms with van der Waals surface area (Å²) in [5.41, 5.74) is 4.60. The van der Waals surface area contributed by atoms with Gasteiger partial charge < -0.3 is 71.2 Å². The van der Waals surface area contributed by atoms with Crippen molar-refractivity contribution >= 4 is 93.9 Å². The van der Waals surface area contributed by atoms with E-state index in [-0.39, 0.29) is 40.0 Å². The number of alkyl halides is 1. The number of ether oxygens (including phenoxy) is 8. The molecule has 9 aromatic carbocycles. The van der Waals surface area contributed by atoms with Crippen LogP contribution in [0.4, 0.5) is 9.59 Å². The Morgan fingerprint density at radius 1 is 0.388 bits per heavy atom. The third kappa shape index (κ3) is 22.0. The number of para-hydroxylation sites is 3. The Hall–Kier alpha value is -10.9. The second-order valence-corrected chi connectivity index (χ2v) is 33.4. The Kier molecular flexibility index (Phi) is 27.1. The summed E-state index contributed by atoms with van der Waals surface area (Å²) in [7, 11) is 2.15. The van der Waals surface area contributed by atoms with Crippen molar-refractivity contribution < 1.29 is 60.7 Å². The van der Waals surface area contributed by atoms with Gasteiger partial charge in [-0.15, -0.1) is 0 Å². The van der Waals surface area contributed by atoms with Crippen molar-refractivity contribution in [2.75, 3.05) is 84.6 Å². The molecule has 4 aliphatic heterocycles. The molecule has 4 saturated heterocycles. The molecule has 0 bridgehead atoms. The fourth-order valence-corrected chi connectivity index (χ4v) is 15.3. The molecule has 21 heteroatoms. The van der Waals surface area contributed by atoms with Crippen LogP contribution in [-0.2, 0) is 9.47 Å². The van der Waals surface area contributed by atoms with Crippen molar-refractivity contribution in [3.8, 4) is 51.7 Å². The van der Waals surface area contributed by atoms with Crippen LogP contribution in [0, 0.1) is 44.4 Å². The summed E-state index contributed by atoms with van der Waals surface area (Å²) in [6.45, 7) is 26.0. The van der Waals surface area contributed by atoms with Crippen LogP contribution in [-0.4, -0.2) is 123 Å². The molecule has 3 aromatic heterocycles. The highest BCUT2D eigenvalue weighted by Crippen LogP contribution is 2.38. The van der Waals surface area contributed by atoms with Gasteiger partial charge >= 0.3 is 12.2 Å². The molecule has 0 saturated carbocycles. The minimum atomic E-state index is -0.508. The summed E-state index contributed by atoms with van der Waals surface area (Å²) in [6.07, 6.45) is 7.76. The third-order valence-corrected chi connectivity index (χ3v) is 21.9. The van der Waals surface area contributed by atoms with Crippen LogP contribution in [0.15, 0.2) is 210 Å². The predicted molar refractivity (Wildman–Crippen MR) is 461 cm³/mol. The molecule has 1 N–H and O–H groups in total. The minimum Gasteiger partial charge on any atom is -0.489 e. The molecular weight excluding hydrogens is 1530 g/mol. The second-order valence-electron chi connectivity index (χ2n) is 32.8. The topological polar surface area (TPSA) is 220 Å². The predicted octanol–water partition coefficient (Wildman–Crippen LogP) is 21.3. The van der Waals surface area contributed by atoms with Gasteiger partial charge in [0.1, 0.15) is 62.4 Å². The SMILES string of the molecule is CC(C)(C)OC(=O)N1CCC(CBr)CC1.Cc1cc(OCC2CCN(C(=O)OC(C)(C)C)CC2)c2oc3cc(Oc4ccccc4)ccc3c(=O)c2c1.Cc1cc(OCC2CCN(C)CC2)c2oc3cc(Oc4ccccc4)ccc3c(=O)c2c1.Cc1cc(OCC2CCNCC2)c2oc3cc(Oc4ccccc4)ccc3c(=O)c2c1. The number of rotatable bonds is 16. The maximum absolute atomic E-state index is 13.4. The van der Waals surface area contributed by atoms with Crippen molar-refractivity contribution in [2.45, 2.75) is 125 Å². The number of halogens is 1.